The number of hydrogen-bond acceptors (Lipinski definition) is 4. The first kappa shape index (κ1) is 24.2. The molecule has 7 heteroatoms. The van der Waals surface area contributed by atoms with E-state index in [9.17, 15) is 0 Å². The molecule has 6 nitrogen and oxygen atoms in total. The Morgan fingerprint density at radius 3 is 2.46 bits per heavy atom. The van der Waals surface area contributed by atoms with Crippen molar-refractivity contribution in [3.8, 4) is 0 Å². The van der Waals surface area contributed by atoms with Crippen LogP contribution in [0, 0.1) is 5.41 Å². The van der Waals surface area contributed by atoms with Gasteiger partial charge in [-0.2, -0.15) is 0 Å². The second-order valence-electron chi connectivity index (χ2n) is 9.19. The second-order valence-corrected chi connectivity index (χ2v) is 9.19. The van der Waals surface area contributed by atoms with Gasteiger partial charge in [0.25, 0.3) is 0 Å². The van der Waals surface area contributed by atoms with Crippen LogP contribution in [-0.4, -0.2) is 87.0 Å². The molecule has 0 aliphatic carbocycles. The molecule has 0 aromatic rings. The highest BCUT2D eigenvalue weighted by molar-refractivity contribution is 14.0. The van der Waals surface area contributed by atoms with E-state index in [0.29, 0.717) is 11.5 Å². The average Bonchev–Trinajstić information content (AvgIpc) is 3.08. The first-order valence-corrected chi connectivity index (χ1v) is 10.9. The van der Waals surface area contributed by atoms with E-state index in [0.717, 1.165) is 71.3 Å². The number of guanidine groups is 1. The molecule has 0 radical (unpaired) electrons. The van der Waals surface area contributed by atoms with Crippen LogP contribution in [0.2, 0.25) is 0 Å². The molecule has 3 heterocycles. The molecular weight excluding hydrogens is 467 g/mol. The monoisotopic (exact) mass is 508 g/mol. The summed E-state index contributed by atoms with van der Waals surface area (Å²) in [5.41, 5.74) is 0.529. The summed E-state index contributed by atoms with van der Waals surface area (Å²) in [5.74, 6) is 1.10. The van der Waals surface area contributed by atoms with Crippen LogP contribution in [0.1, 0.15) is 52.9 Å². The van der Waals surface area contributed by atoms with Crippen molar-refractivity contribution in [3.05, 3.63) is 0 Å². The Morgan fingerprint density at radius 1 is 1.18 bits per heavy atom. The molecule has 164 valence electrons. The van der Waals surface area contributed by atoms with E-state index in [1.807, 2.05) is 7.11 Å². The molecule has 3 fully saturated rings. The minimum absolute atomic E-state index is 0. The summed E-state index contributed by atoms with van der Waals surface area (Å²) >= 11 is 0. The third kappa shape index (κ3) is 5.95. The number of hydrogen-bond donors (Lipinski definition) is 1. The van der Waals surface area contributed by atoms with Crippen LogP contribution in [0.3, 0.4) is 0 Å². The lowest BCUT2D eigenvalue weighted by molar-refractivity contribution is 0.00901. The molecule has 3 saturated heterocycles. The van der Waals surface area contributed by atoms with Gasteiger partial charge in [-0.15, -0.1) is 24.0 Å². The van der Waals surface area contributed by atoms with Gasteiger partial charge in [-0.25, -0.2) is 0 Å². The fourth-order valence-electron chi connectivity index (χ4n) is 4.82. The Labute approximate surface area is 188 Å². The van der Waals surface area contributed by atoms with E-state index < -0.39 is 0 Å². The molecule has 0 unspecified atom stereocenters. The van der Waals surface area contributed by atoms with Gasteiger partial charge in [0.2, 0.25) is 0 Å². The van der Waals surface area contributed by atoms with Crippen molar-refractivity contribution in [2.24, 2.45) is 10.4 Å². The molecule has 0 aromatic carbocycles. The Kier molecular flexibility index (Phi) is 9.29. The molecule has 0 bridgehead atoms. The van der Waals surface area contributed by atoms with Crippen molar-refractivity contribution >= 4 is 29.9 Å². The summed E-state index contributed by atoms with van der Waals surface area (Å²) in [6.45, 7) is 14.9. The van der Waals surface area contributed by atoms with E-state index in [1.54, 1.807) is 0 Å². The molecule has 0 aromatic heterocycles. The van der Waals surface area contributed by atoms with Crippen molar-refractivity contribution in [2.45, 2.75) is 64.5 Å². The lowest BCUT2D eigenvalue weighted by Gasteiger charge is -2.42. The number of ether oxygens (including phenoxy) is 2. The lowest BCUT2D eigenvalue weighted by atomic mass is 9.80. The highest BCUT2D eigenvalue weighted by Gasteiger charge is 2.40. The van der Waals surface area contributed by atoms with Crippen LogP contribution >= 0.6 is 24.0 Å². The van der Waals surface area contributed by atoms with Crippen molar-refractivity contribution in [1.29, 1.82) is 0 Å². The van der Waals surface area contributed by atoms with Gasteiger partial charge in [0.15, 0.2) is 5.96 Å². The fourth-order valence-corrected chi connectivity index (χ4v) is 4.82. The third-order valence-corrected chi connectivity index (χ3v) is 6.87. The van der Waals surface area contributed by atoms with E-state index in [2.05, 4.69) is 35.9 Å². The molecular formula is C21H41IN4O2. The van der Waals surface area contributed by atoms with Crippen LogP contribution in [0.5, 0.6) is 0 Å². The van der Waals surface area contributed by atoms with Gasteiger partial charge < -0.3 is 19.7 Å². The smallest absolute Gasteiger partial charge is 0.193 e. The highest BCUT2D eigenvalue weighted by atomic mass is 127. The average molecular weight is 508 g/mol. The maximum absolute atomic E-state index is 5.60. The third-order valence-electron chi connectivity index (χ3n) is 6.87. The summed E-state index contributed by atoms with van der Waals surface area (Å²) in [6.07, 6.45) is 6.35. The predicted octanol–water partition coefficient (Wildman–Crippen LogP) is 2.96. The van der Waals surface area contributed by atoms with E-state index >= 15 is 0 Å². The summed E-state index contributed by atoms with van der Waals surface area (Å²) < 4.78 is 11.1. The number of likely N-dealkylation sites (tertiary alicyclic amines) is 2. The molecule has 28 heavy (non-hydrogen) atoms. The SMILES string of the molecule is CCNC(=NCC(C)(C)N1CCC(OC)CC1)N1CCC2(CCOCC2)C1.I. The molecule has 0 atom stereocenters. The van der Waals surface area contributed by atoms with Gasteiger partial charge in [0.05, 0.1) is 12.6 Å². The number of methoxy groups -OCH3 is 1. The fraction of sp³-hybridized carbons (Fsp3) is 0.952. The maximum Gasteiger partial charge on any atom is 0.193 e. The van der Waals surface area contributed by atoms with Crippen LogP contribution in [0.25, 0.3) is 0 Å². The van der Waals surface area contributed by atoms with Gasteiger partial charge in [-0.3, -0.25) is 9.89 Å². The number of nitrogens with one attached hydrogen (secondary N) is 1. The standard InChI is InChI=1S/C21H40N4O2.HI/c1-5-22-19(24-13-8-21(17-24)9-14-27-15-10-21)23-16-20(2,3)25-11-6-18(26-4)7-12-25;/h18H,5-17H2,1-4H3,(H,22,23);1H. The molecule has 3 rings (SSSR count). The van der Waals surface area contributed by atoms with Crippen molar-refractivity contribution in [3.63, 3.8) is 0 Å². The predicted molar refractivity (Wildman–Crippen MR) is 126 cm³/mol. The Hall–Kier alpha value is -0.120. The Bertz CT molecular complexity index is 501. The number of piperidine rings is 1. The minimum atomic E-state index is 0. The van der Waals surface area contributed by atoms with Crippen LogP contribution < -0.4 is 5.32 Å². The topological polar surface area (TPSA) is 49.3 Å². The maximum atomic E-state index is 5.60. The summed E-state index contributed by atoms with van der Waals surface area (Å²) in [7, 11) is 1.83. The molecule has 3 aliphatic rings. The van der Waals surface area contributed by atoms with E-state index in [-0.39, 0.29) is 29.5 Å². The van der Waals surface area contributed by atoms with Gasteiger partial charge in [-0.05, 0) is 58.3 Å². The molecule has 1 spiro atoms. The zero-order valence-electron chi connectivity index (χ0n) is 18.3. The largest absolute Gasteiger partial charge is 0.381 e. The zero-order valence-corrected chi connectivity index (χ0v) is 20.7. The van der Waals surface area contributed by atoms with Gasteiger partial charge in [-0.1, -0.05) is 0 Å². The normalized spacial score (nSPS) is 24.4. The molecule has 0 saturated carbocycles. The molecule has 3 aliphatic heterocycles. The number of nitrogens with zero attached hydrogens (tertiary/aromatic N) is 3. The summed E-state index contributed by atoms with van der Waals surface area (Å²) in [6, 6.07) is 0. The first-order chi connectivity index (χ1) is 13.0. The van der Waals surface area contributed by atoms with Crippen molar-refractivity contribution in [1.82, 2.24) is 15.1 Å². The van der Waals surface area contributed by atoms with E-state index in [4.69, 9.17) is 14.5 Å². The van der Waals surface area contributed by atoms with Crippen LogP contribution in [0.15, 0.2) is 4.99 Å². The van der Waals surface area contributed by atoms with Gasteiger partial charge >= 0.3 is 0 Å². The number of rotatable bonds is 5. The van der Waals surface area contributed by atoms with Crippen LogP contribution in [0.4, 0.5) is 0 Å². The van der Waals surface area contributed by atoms with Gasteiger partial charge in [0.1, 0.15) is 0 Å². The number of halogens is 1. The van der Waals surface area contributed by atoms with Crippen LogP contribution in [-0.2, 0) is 9.47 Å². The summed E-state index contributed by atoms with van der Waals surface area (Å²) in [5, 5.41) is 3.54. The summed E-state index contributed by atoms with van der Waals surface area (Å²) in [4.78, 5) is 10.2. The highest BCUT2D eigenvalue weighted by Crippen LogP contribution is 2.39. The number of aliphatic imine (C=N–C) groups is 1. The minimum Gasteiger partial charge on any atom is -0.381 e. The lowest BCUT2D eigenvalue weighted by Crippen LogP contribution is -2.52. The zero-order chi connectivity index (χ0) is 19.3. The Balaban J connectivity index is 0.00000280. The van der Waals surface area contributed by atoms with Crippen molar-refractivity contribution < 1.29 is 9.47 Å². The van der Waals surface area contributed by atoms with E-state index in [1.165, 1.54) is 19.3 Å². The second kappa shape index (κ2) is 10.8. The molecule has 0 amide bonds. The van der Waals surface area contributed by atoms with Crippen molar-refractivity contribution in [2.75, 3.05) is 59.6 Å². The Morgan fingerprint density at radius 2 is 1.86 bits per heavy atom. The first-order valence-electron chi connectivity index (χ1n) is 10.9. The molecule has 1 N–H and O–H groups in total. The van der Waals surface area contributed by atoms with Gasteiger partial charge in [0, 0.05) is 58.6 Å². The quantitative estimate of drug-likeness (QED) is 0.352.